The quantitative estimate of drug-likeness (QED) is 0.124. The van der Waals surface area contributed by atoms with Crippen molar-refractivity contribution in [2.75, 3.05) is 0 Å². The van der Waals surface area contributed by atoms with Crippen molar-refractivity contribution in [1.82, 2.24) is 19.5 Å². The molecule has 0 aliphatic heterocycles. The fourth-order valence-corrected chi connectivity index (χ4v) is 11.7. The van der Waals surface area contributed by atoms with E-state index in [9.17, 15) is 1.37 Å². The smallest absolute Gasteiger partial charge is 0.226 e. The van der Waals surface area contributed by atoms with Gasteiger partial charge >= 0.3 is 0 Å². The molecule has 0 N–H and O–H groups in total. The first-order valence-electron chi connectivity index (χ1n) is 22.0. The Morgan fingerprint density at radius 3 is 1.57 bits per heavy atom. The Morgan fingerprint density at radius 2 is 1.00 bits per heavy atom. The zero-order valence-corrected chi connectivity index (χ0v) is 28.4. The number of para-hydroxylation sites is 2. The van der Waals surface area contributed by atoms with Crippen molar-refractivity contribution in [3.63, 3.8) is 0 Å². The minimum absolute atomic E-state index is 0.0749. The van der Waals surface area contributed by atoms with Gasteiger partial charge in [0.05, 0.1) is 27.5 Å². The van der Waals surface area contributed by atoms with E-state index >= 15 is 0 Å². The normalized spacial score (nSPS) is 14.9. The molecule has 9 rings (SSSR count). The molecule has 9 aromatic rings. The van der Waals surface area contributed by atoms with E-state index in [1.165, 1.54) is 0 Å². The standard InChI is InChI=1S/C45H31ClN4Si/c46-45-48-43(32-16-14-18-34(30-32)50-41-28-12-10-26-39(41)40-27-11-13-29-42(40)50)47-44(49-45)33-17-15-25-38(31-33)51(35-19-4-1-5-20-35,36-21-6-2-7-22-36)37-23-8-3-9-24-37/h1-31H/i10D,11D,12D,13D,14D,16D,18D,26D,27D,28D,29D,30D. The van der Waals surface area contributed by atoms with Crippen LogP contribution in [0.5, 0.6) is 0 Å². The summed E-state index contributed by atoms with van der Waals surface area (Å²) in [6.45, 7) is 0. The molecule has 0 fully saturated rings. The molecule has 7 aromatic carbocycles. The monoisotopic (exact) mass is 702 g/mol. The van der Waals surface area contributed by atoms with Gasteiger partial charge in [-0.3, -0.25) is 0 Å². The molecule has 0 radical (unpaired) electrons. The van der Waals surface area contributed by atoms with Crippen LogP contribution >= 0.6 is 11.6 Å². The summed E-state index contributed by atoms with van der Waals surface area (Å²) in [4.78, 5) is 13.5. The number of halogens is 1. The minimum atomic E-state index is -3.02. The average molecular weight is 703 g/mol. The second kappa shape index (κ2) is 13.0. The van der Waals surface area contributed by atoms with E-state index in [1.807, 2.05) is 66.7 Å². The van der Waals surface area contributed by atoms with Gasteiger partial charge in [0.15, 0.2) is 19.7 Å². The highest BCUT2D eigenvalue weighted by Gasteiger charge is 2.41. The van der Waals surface area contributed by atoms with E-state index < -0.39 is 86.3 Å². The molecule has 0 saturated heterocycles. The molecule has 0 saturated carbocycles. The van der Waals surface area contributed by atoms with Crippen molar-refractivity contribution in [2.45, 2.75) is 0 Å². The molecule has 2 aromatic heterocycles. The molecule has 6 heteroatoms. The molecule has 0 bridgehead atoms. The summed E-state index contributed by atoms with van der Waals surface area (Å²) in [5.41, 5.74) is -1.03. The molecule has 4 nitrogen and oxygen atoms in total. The first-order chi connectivity index (χ1) is 30.2. The summed E-state index contributed by atoms with van der Waals surface area (Å²) < 4.78 is 107. The van der Waals surface area contributed by atoms with E-state index in [1.54, 1.807) is 6.07 Å². The van der Waals surface area contributed by atoms with Gasteiger partial charge in [0.1, 0.15) is 0 Å². The summed E-state index contributed by atoms with van der Waals surface area (Å²) in [6, 6.07) is 30.7. The van der Waals surface area contributed by atoms with Gasteiger partial charge < -0.3 is 4.57 Å². The first kappa shape index (κ1) is 20.5. The maximum absolute atomic E-state index is 9.61. The highest BCUT2D eigenvalue weighted by molar-refractivity contribution is 7.19. The molecule has 0 atom stereocenters. The fraction of sp³-hybridized carbons (Fsp3) is 0. The number of benzene rings is 7. The number of rotatable bonds is 7. The lowest BCUT2D eigenvalue weighted by Gasteiger charge is -2.34. The molecule has 0 spiro atoms. The number of nitrogens with zero attached hydrogens (tertiary/aromatic N) is 4. The van der Waals surface area contributed by atoms with Crippen LogP contribution in [0, 0.1) is 0 Å². The van der Waals surface area contributed by atoms with Crippen LogP contribution in [0.1, 0.15) is 16.4 Å². The van der Waals surface area contributed by atoms with Crippen molar-refractivity contribution >= 4 is 62.2 Å². The SMILES string of the molecule is [2H]c1c([2H])c(-c2nc(Cl)nc(-c3cccc([Si](c4ccccc4)(c4ccccc4)c4ccccc4)c3)n2)c([2H])c(-n2c3c([2H])c([2H])c([2H])c([2H])c3c3c([2H])c([2H])c([2H])c([2H])c32)c1[2H]. The number of fused-ring (bicyclic) bond motifs is 3. The third-order valence-corrected chi connectivity index (χ3v) is 13.8. The third kappa shape index (κ3) is 5.35. The van der Waals surface area contributed by atoms with Crippen molar-refractivity contribution in [2.24, 2.45) is 0 Å². The molecule has 0 aliphatic carbocycles. The maximum atomic E-state index is 9.61. The molecule has 0 amide bonds. The van der Waals surface area contributed by atoms with Gasteiger partial charge in [-0.15, -0.1) is 0 Å². The van der Waals surface area contributed by atoms with Gasteiger partial charge in [-0.05, 0) is 56.5 Å². The van der Waals surface area contributed by atoms with E-state index in [0.717, 1.165) is 25.3 Å². The molecule has 0 aliphatic rings. The summed E-state index contributed by atoms with van der Waals surface area (Å²) in [5, 5.41) is 3.51. The molecule has 0 unspecified atom stereocenters. The van der Waals surface area contributed by atoms with Crippen molar-refractivity contribution in [3.8, 4) is 28.5 Å². The lowest BCUT2D eigenvalue weighted by Crippen LogP contribution is -2.74. The van der Waals surface area contributed by atoms with E-state index in [4.69, 9.17) is 31.7 Å². The Labute approximate surface area is 319 Å². The second-order valence-electron chi connectivity index (χ2n) is 11.7. The van der Waals surface area contributed by atoms with Crippen LogP contribution in [0.2, 0.25) is 5.28 Å². The van der Waals surface area contributed by atoms with Gasteiger partial charge in [0, 0.05) is 27.6 Å². The van der Waals surface area contributed by atoms with Crippen LogP contribution in [0.25, 0.3) is 50.3 Å². The zero-order valence-electron chi connectivity index (χ0n) is 38.6. The molecular weight excluding hydrogens is 660 g/mol. The van der Waals surface area contributed by atoms with Crippen LogP contribution in [0.3, 0.4) is 0 Å². The fourth-order valence-electron chi connectivity index (χ4n) is 6.75. The third-order valence-electron chi connectivity index (χ3n) is 8.87. The van der Waals surface area contributed by atoms with Crippen molar-refractivity contribution in [3.05, 3.63) is 193 Å². The number of hydrogen-bond acceptors (Lipinski definition) is 3. The van der Waals surface area contributed by atoms with Gasteiger partial charge in [0.2, 0.25) is 5.28 Å². The number of aromatic nitrogens is 4. The van der Waals surface area contributed by atoms with Crippen molar-refractivity contribution < 1.29 is 16.4 Å². The van der Waals surface area contributed by atoms with Crippen LogP contribution < -0.4 is 20.7 Å². The first-order valence-corrected chi connectivity index (χ1v) is 18.4. The lowest BCUT2D eigenvalue weighted by atomic mass is 10.1. The lowest BCUT2D eigenvalue weighted by molar-refractivity contribution is 1.06. The van der Waals surface area contributed by atoms with Gasteiger partial charge in [-0.2, -0.15) is 9.97 Å². The molecule has 2 heterocycles. The molecule has 242 valence electrons. The summed E-state index contributed by atoms with van der Waals surface area (Å²) in [7, 11) is -3.02. The predicted molar refractivity (Wildman–Crippen MR) is 214 cm³/mol. The largest absolute Gasteiger partial charge is 0.309 e. The maximum Gasteiger partial charge on any atom is 0.226 e. The van der Waals surface area contributed by atoms with Crippen LogP contribution in [-0.4, -0.2) is 27.6 Å². The Hall–Kier alpha value is -6.14. The summed E-state index contributed by atoms with van der Waals surface area (Å²) in [6.07, 6.45) is 0. The molecular formula is C45H31ClN4Si. The topological polar surface area (TPSA) is 43.6 Å². The van der Waals surface area contributed by atoms with Crippen LogP contribution in [0.15, 0.2) is 188 Å². The minimum Gasteiger partial charge on any atom is -0.309 e. The number of hydrogen-bond donors (Lipinski definition) is 0. The van der Waals surface area contributed by atoms with Gasteiger partial charge in [-0.1, -0.05) is 164 Å². The van der Waals surface area contributed by atoms with E-state index in [2.05, 4.69) is 52.4 Å². The Balaban J connectivity index is 1.31. The highest BCUT2D eigenvalue weighted by atomic mass is 35.5. The van der Waals surface area contributed by atoms with E-state index in [-0.39, 0.29) is 44.3 Å². The summed E-state index contributed by atoms with van der Waals surface area (Å²) >= 11 is 6.65. The van der Waals surface area contributed by atoms with Crippen LogP contribution in [-0.2, 0) is 0 Å². The Bertz CT molecular complexity index is 3160. The van der Waals surface area contributed by atoms with Crippen LogP contribution in [0.4, 0.5) is 0 Å². The zero-order chi connectivity index (χ0) is 44.6. The Morgan fingerprint density at radius 1 is 0.490 bits per heavy atom. The Kier molecular flexibility index (Phi) is 5.21. The van der Waals surface area contributed by atoms with Gasteiger partial charge in [0.25, 0.3) is 0 Å². The average Bonchev–Trinajstić information content (AvgIpc) is 3.65. The predicted octanol–water partition coefficient (Wildman–Crippen LogP) is 8.33. The van der Waals surface area contributed by atoms with E-state index in [0.29, 0.717) is 5.56 Å². The summed E-state index contributed by atoms with van der Waals surface area (Å²) in [5.74, 6) is -0.228. The van der Waals surface area contributed by atoms with Crippen molar-refractivity contribution in [1.29, 1.82) is 0 Å². The second-order valence-corrected chi connectivity index (χ2v) is 15.8. The van der Waals surface area contributed by atoms with Gasteiger partial charge in [-0.25, -0.2) is 4.98 Å². The molecule has 51 heavy (non-hydrogen) atoms. The highest BCUT2D eigenvalue weighted by Crippen LogP contribution is 2.33.